The van der Waals surface area contributed by atoms with Crippen LogP contribution < -0.4 is 10.2 Å². The molecule has 0 radical (unpaired) electrons. The molecule has 19 heavy (non-hydrogen) atoms. The van der Waals surface area contributed by atoms with E-state index in [-0.39, 0.29) is 5.91 Å². The highest BCUT2D eigenvalue weighted by Crippen LogP contribution is 2.28. The van der Waals surface area contributed by atoms with Crippen LogP contribution in [0.3, 0.4) is 0 Å². The zero-order chi connectivity index (χ0) is 13.1. The highest BCUT2D eigenvalue weighted by atomic mass is 16.5. The molecule has 5 heteroatoms. The highest BCUT2D eigenvalue weighted by molar-refractivity contribution is 5.84. The number of nitrogens with one attached hydrogen (secondary N) is 1. The molecule has 2 aliphatic heterocycles. The van der Waals surface area contributed by atoms with Crippen LogP contribution in [0.4, 0.5) is 11.4 Å². The van der Waals surface area contributed by atoms with Crippen molar-refractivity contribution in [2.45, 2.75) is 0 Å². The fraction of sp³-hybridized carbons (Fsp3) is 0.500. The number of benzene rings is 1. The summed E-state index contributed by atoms with van der Waals surface area (Å²) in [5, 5.41) is 3.36. The molecule has 1 fully saturated rings. The van der Waals surface area contributed by atoms with Crippen LogP contribution in [-0.2, 0) is 9.53 Å². The Balaban J connectivity index is 1.68. The summed E-state index contributed by atoms with van der Waals surface area (Å²) in [5.74, 6) is 0.194. The van der Waals surface area contributed by atoms with Crippen LogP contribution in [0.15, 0.2) is 24.3 Å². The Hall–Kier alpha value is -1.75. The predicted molar refractivity (Wildman–Crippen MR) is 74.5 cm³/mol. The summed E-state index contributed by atoms with van der Waals surface area (Å²) in [6.07, 6.45) is 0. The lowest BCUT2D eigenvalue weighted by molar-refractivity contribution is -0.133. The molecule has 0 bridgehead atoms. The maximum Gasteiger partial charge on any atom is 0.242 e. The van der Waals surface area contributed by atoms with Gasteiger partial charge in [-0.05, 0) is 12.1 Å². The topological polar surface area (TPSA) is 44.8 Å². The van der Waals surface area contributed by atoms with Crippen molar-refractivity contribution in [3.8, 4) is 0 Å². The normalized spacial score (nSPS) is 18.7. The SMILES string of the molecule is O=C(CN1CCNc2ccccc21)N1CCOCC1. The second-order valence-electron chi connectivity index (χ2n) is 4.86. The predicted octanol–water partition coefficient (Wildman–Crippen LogP) is 0.777. The molecular weight excluding hydrogens is 242 g/mol. The third kappa shape index (κ3) is 2.66. The number of ether oxygens (including phenoxy) is 1. The third-order valence-electron chi connectivity index (χ3n) is 3.63. The average molecular weight is 261 g/mol. The first-order valence-electron chi connectivity index (χ1n) is 6.78. The second kappa shape index (κ2) is 5.48. The van der Waals surface area contributed by atoms with Crippen LogP contribution >= 0.6 is 0 Å². The van der Waals surface area contributed by atoms with Gasteiger partial charge in [-0.25, -0.2) is 0 Å². The lowest BCUT2D eigenvalue weighted by Gasteiger charge is -2.34. The number of carbonyl (C=O) groups is 1. The Morgan fingerprint density at radius 3 is 2.84 bits per heavy atom. The van der Waals surface area contributed by atoms with Crippen molar-refractivity contribution in [2.75, 3.05) is 56.2 Å². The van der Waals surface area contributed by atoms with E-state index in [1.54, 1.807) is 0 Å². The number of fused-ring (bicyclic) bond motifs is 1. The van der Waals surface area contributed by atoms with Crippen LogP contribution in [0.1, 0.15) is 0 Å². The molecule has 0 unspecified atom stereocenters. The fourth-order valence-electron chi connectivity index (χ4n) is 2.59. The standard InChI is InChI=1S/C14H19N3O2/c18-14(16-7-9-19-10-8-16)11-17-6-5-15-12-3-1-2-4-13(12)17/h1-4,15H,5-11H2. The van der Waals surface area contributed by atoms with E-state index in [0.29, 0.717) is 32.8 Å². The maximum atomic E-state index is 12.3. The van der Waals surface area contributed by atoms with Crippen LogP contribution in [0, 0.1) is 0 Å². The quantitative estimate of drug-likeness (QED) is 0.854. The van der Waals surface area contributed by atoms with Crippen LogP contribution in [0.25, 0.3) is 0 Å². The fourth-order valence-corrected chi connectivity index (χ4v) is 2.59. The van der Waals surface area contributed by atoms with Gasteiger partial charge in [0.1, 0.15) is 0 Å². The van der Waals surface area contributed by atoms with Crippen molar-refractivity contribution in [1.29, 1.82) is 0 Å². The van der Waals surface area contributed by atoms with E-state index in [2.05, 4.69) is 22.3 Å². The molecule has 2 heterocycles. The molecule has 2 aliphatic rings. The number of hydrogen-bond donors (Lipinski definition) is 1. The highest BCUT2D eigenvalue weighted by Gasteiger charge is 2.22. The maximum absolute atomic E-state index is 12.3. The summed E-state index contributed by atoms with van der Waals surface area (Å²) in [7, 11) is 0. The van der Waals surface area contributed by atoms with Gasteiger partial charge in [0.2, 0.25) is 5.91 Å². The molecule has 102 valence electrons. The van der Waals surface area contributed by atoms with E-state index >= 15 is 0 Å². The first-order chi connectivity index (χ1) is 9.34. The van der Waals surface area contributed by atoms with E-state index in [0.717, 1.165) is 24.5 Å². The molecule has 0 aliphatic carbocycles. The molecule has 0 saturated carbocycles. The Morgan fingerprint density at radius 1 is 1.21 bits per heavy atom. The van der Waals surface area contributed by atoms with E-state index in [4.69, 9.17) is 4.74 Å². The van der Waals surface area contributed by atoms with Gasteiger partial charge in [0.05, 0.1) is 31.1 Å². The molecule has 1 saturated heterocycles. The van der Waals surface area contributed by atoms with E-state index < -0.39 is 0 Å². The van der Waals surface area contributed by atoms with Crippen molar-refractivity contribution >= 4 is 17.3 Å². The minimum absolute atomic E-state index is 0.194. The number of nitrogens with zero attached hydrogens (tertiary/aromatic N) is 2. The Kier molecular flexibility index (Phi) is 3.55. The Morgan fingerprint density at radius 2 is 2.00 bits per heavy atom. The first-order valence-corrected chi connectivity index (χ1v) is 6.78. The summed E-state index contributed by atoms with van der Waals surface area (Å²) in [5.41, 5.74) is 2.24. The molecule has 1 amide bonds. The van der Waals surface area contributed by atoms with Crippen LogP contribution in [-0.4, -0.2) is 56.7 Å². The molecule has 0 spiro atoms. The summed E-state index contributed by atoms with van der Waals surface area (Å²) >= 11 is 0. The molecule has 5 nitrogen and oxygen atoms in total. The number of morpholine rings is 1. The molecule has 3 rings (SSSR count). The van der Waals surface area contributed by atoms with Gasteiger partial charge in [0, 0.05) is 26.2 Å². The number of carbonyl (C=O) groups excluding carboxylic acids is 1. The molecule has 0 aromatic heterocycles. The largest absolute Gasteiger partial charge is 0.382 e. The minimum atomic E-state index is 0.194. The van der Waals surface area contributed by atoms with Crippen molar-refractivity contribution in [2.24, 2.45) is 0 Å². The summed E-state index contributed by atoms with van der Waals surface area (Å²) in [4.78, 5) is 16.3. The van der Waals surface area contributed by atoms with E-state index in [1.165, 1.54) is 0 Å². The van der Waals surface area contributed by atoms with Gasteiger partial charge in [0.25, 0.3) is 0 Å². The zero-order valence-corrected chi connectivity index (χ0v) is 11.0. The van der Waals surface area contributed by atoms with Crippen LogP contribution in [0.5, 0.6) is 0 Å². The average Bonchev–Trinajstić information content (AvgIpc) is 2.48. The monoisotopic (exact) mass is 261 g/mol. The van der Waals surface area contributed by atoms with Crippen molar-refractivity contribution < 1.29 is 9.53 Å². The van der Waals surface area contributed by atoms with Crippen molar-refractivity contribution in [3.05, 3.63) is 24.3 Å². The van der Waals surface area contributed by atoms with Gasteiger partial charge < -0.3 is 19.9 Å². The van der Waals surface area contributed by atoms with Crippen molar-refractivity contribution in [1.82, 2.24) is 4.90 Å². The summed E-state index contributed by atoms with van der Waals surface area (Å²) in [6.45, 7) is 4.95. The van der Waals surface area contributed by atoms with Crippen molar-refractivity contribution in [3.63, 3.8) is 0 Å². The smallest absolute Gasteiger partial charge is 0.242 e. The van der Waals surface area contributed by atoms with Gasteiger partial charge >= 0.3 is 0 Å². The molecular formula is C14H19N3O2. The Bertz CT molecular complexity index is 458. The minimum Gasteiger partial charge on any atom is -0.382 e. The van der Waals surface area contributed by atoms with Gasteiger partial charge in [-0.3, -0.25) is 4.79 Å². The third-order valence-corrected chi connectivity index (χ3v) is 3.63. The molecule has 0 atom stereocenters. The molecule has 1 aromatic rings. The zero-order valence-electron chi connectivity index (χ0n) is 11.0. The number of rotatable bonds is 2. The van der Waals surface area contributed by atoms with Gasteiger partial charge in [0.15, 0.2) is 0 Å². The first kappa shape index (κ1) is 12.3. The van der Waals surface area contributed by atoms with E-state index in [9.17, 15) is 4.79 Å². The number of amides is 1. The number of anilines is 2. The molecule has 1 aromatic carbocycles. The summed E-state index contributed by atoms with van der Waals surface area (Å²) in [6, 6.07) is 8.14. The van der Waals surface area contributed by atoms with Gasteiger partial charge in [-0.15, -0.1) is 0 Å². The molecule has 1 N–H and O–H groups in total. The van der Waals surface area contributed by atoms with E-state index in [1.807, 2.05) is 17.0 Å². The van der Waals surface area contributed by atoms with Gasteiger partial charge in [-0.2, -0.15) is 0 Å². The lowest BCUT2D eigenvalue weighted by Crippen LogP contribution is -2.47. The number of hydrogen-bond acceptors (Lipinski definition) is 4. The lowest BCUT2D eigenvalue weighted by atomic mass is 10.2. The Labute approximate surface area is 113 Å². The van der Waals surface area contributed by atoms with Crippen LogP contribution in [0.2, 0.25) is 0 Å². The summed E-state index contributed by atoms with van der Waals surface area (Å²) < 4.78 is 5.28. The van der Waals surface area contributed by atoms with Gasteiger partial charge in [-0.1, -0.05) is 12.1 Å². The number of para-hydroxylation sites is 2. The second-order valence-corrected chi connectivity index (χ2v) is 4.86.